The number of hydrogen-bond acceptors (Lipinski definition) is 5. The second-order valence-corrected chi connectivity index (χ2v) is 11.2. The molecule has 1 aliphatic carbocycles. The van der Waals surface area contributed by atoms with E-state index in [9.17, 15) is 13.9 Å². The van der Waals surface area contributed by atoms with Crippen molar-refractivity contribution in [1.82, 2.24) is 9.55 Å². The SMILES string of the molecule is CC(C)n1cc(-c2cncc(-c3ccc4c(c3)CS(O)(O)N4CC3CCC3)c2)ccc1=O. The maximum absolute atomic E-state index is 12.1. The van der Waals surface area contributed by atoms with Crippen LogP contribution in [0.15, 0.2) is 59.8 Å². The quantitative estimate of drug-likeness (QED) is 0.502. The lowest BCUT2D eigenvalue weighted by Crippen LogP contribution is -2.32. The highest BCUT2D eigenvalue weighted by Gasteiger charge is 2.36. The third-order valence-corrected chi connectivity index (χ3v) is 8.35. The normalized spacial score (nSPS) is 18.5. The van der Waals surface area contributed by atoms with Crippen molar-refractivity contribution in [1.29, 1.82) is 0 Å². The van der Waals surface area contributed by atoms with Crippen molar-refractivity contribution in [3.05, 3.63) is 70.9 Å². The summed E-state index contributed by atoms with van der Waals surface area (Å²) in [4.78, 5) is 16.6. The summed E-state index contributed by atoms with van der Waals surface area (Å²) >= 11 is 0. The van der Waals surface area contributed by atoms with Crippen LogP contribution in [0, 0.1) is 5.92 Å². The van der Waals surface area contributed by atoms with Crippen LogP contribution < -0.4 is 9.86 Å². The van der Waals surface area contributed by atoms with Crippen molar-refractivity contribution >= 4 is 16.5 Å². The molecule has 0 spiro atoms. The first-order valence-electron chi connectivity index (χ1n) is 11.2. The molecule has 168 valence electrons. The summed E-state index contributed by atoms with van der Waals surface area (Å²) in [5.74, 6) is 0.830. The van der Waals surface area contributed by atoms with E-state index in [-0.39, 0.29) is 17.4 Å². The van der Waals surface area contributed by atoms with Gasteiger partial charge in [-0.1, -0.05) is 12.5 Å². The average molecular weight is 452 g/mol. The summed E-state index contributed by atoms with van der Waals surface area (Å²) in [6.45, 7) is 4.70. The molecule has 7 heteroatoms. The molecule has 1 aliphatic heterocycles. The number of rotatable bonds is 5. The van der Waals surface area contributed by atoms with Crippen molar-refractivity contribution in [3.8, 4) is 22.3 Å². The average Bonchev–Trinajstić information content (AvgIpc) is 2.99. The number of pyridine rings is 2. The lowest BCUT2D eigenvalue weighted by molar-refractivity contribution is 0.323. The molecular weight excluding hydrogens is 422 g/mol. The van der Waals surface area contributed by atoms with Crippen LogP contribution in [0.4, 0.5) is 5.69 Å². The highest BCUT2D eigenvalue weighted by Crippen LogP contribution is 2.58. The van der Waals surface area contributed by atoms with Gasteiger partial charge in [-0.15, -0.1) is 10.8 Å². The molecule has 0 radical (unpaired) electrons. The molecule has 3 heterocycles. The molecule has 1 fully saturated rings. The molecule has 0 amide bonds. The molecule has 32 heavy (non-hydrogen) atoms. The zero-order valence-corrected chi connectivity index (χ0v) is 19.3. The molecule has 0 atom stereocenters. The zero-order chi connectivity index (χ0) is 22.5. The maximum atomic E-state index is 12.1. The maximum Gasteiger partial charge on any atom is 0.250 e. The second kappa shape index (κ2) is 8.06. The molecule has 2 aromatic heterocycles. The van der Waals surface area contributed by atoms with Gasteiger partial charge in [0.25, 0.3) is 5.56 Å². The Hall–Kier alpha value is -2.61. The molecule has 0 unspecified atom stereocenters. The highest BCUT2D eigenvalue weighted by molar-refractivity contribution is 8.25. The van der Waals surface area contributed by atoms with Crippen molar-refractivity contribution in [3.63, 3.8) is 0 Å². The predicted molar refractivity (Wildman–Crippen MR) is 131 cm³/mol. The fourth-order valence-electron chi connectivity index (χ4n) is 4.53. The lowest BCUT2D eigenvalue weighted by atomic mass is 9.85. The summed E-state index contributed by atoms with van der Waals surface area (Å²) in [5.41, 5.74) is 5.73. The first-order chi connectivity index (χ1) is 15.3. The summed E-state index contributed by atoms with van der Waals surface area (Å²) in [5, 5.41) is 0. The van der Waals surface area contributed by atoms with Crippen LogP contribution in [0.25, 0.3) is 22.3 Å². The summed E-state index contributed by atoms with van der Waals surface area (Å²) < 4.78 is 25.0. The minimum absolute atomic E-state index is 0.0167. The Morgan fingerprint density at radius 2 is 1.75 bits per heavy atom. The molecule has 0 saturated heterocycles. The lowest BCUT2D eigenvalue weighted by Gasteiger charge is -2.42. The van der Waals surface area contributed by atoms with Crippen LogP contribution in [0.5, 0.6) is 0 Å². The van der Waals surface area contributed by atoms with Gasteiger partial charge in [-0.25, -0.2) is 0 Å². The van der Waals surface area contributed by atoms with E-state index in [1.54, 1.807) is 16.8 Å². The number of benzene rings is 1. The van der Waals surface area contributed by atoms with Crippen molar-refractivity contribution in [2.75, 3.05) is 10.8 Å². The first-order valence-corrected chi connectivity index (χ1v) is 12.8. The van der Waals surface area contributed by atoms with Gasteiger partial charge in [0.15, 0.2) is 0 Å². The smallest absolute Gasteiger partial charge is 0.250 e. The Balaban J connectivity index is 1.47. The van der Waals surface area contributed by atoms with Gasteiger partial charge >= 0.3 is 0 Å². The van der Waals surface area contributed by atoms with Crippen LogP contribution in [-0.4, -0.2) is 25.2 Å². The van der Waals surface area contributed by atoms with E-state index in [0.29, 0.717) is 5.92 Å². The number of fused-ring (bicyclic) bond motifs is 1. The van der Waals surface area contributed by atoms with Gasteiger partial charge in [0.1, 0.15) is 0 Å². The number of hydrogen-bond donors (Lipinski definition) is 2. The van der Waals surface area contributed by atoms with Crippen molar-refractivity contribution in [2.45, 2.75) is 44.9 Å². The van der Waals surface area contributed by atoms with Gasteiger partial charge in [0.2, 0.25) is 0 Å². The Morgan fingerprint density at radius 3 is 2.44 bits per heavy atom. The van der Waals surface area contributed by atoms with E-state index >= 15 is 0 Å². The fraction of sp³-hybridized carbons (Fsp3) is 0.360. The Kier molecular flexibility index (Phi) is 5.35. The molecular formula is C25H29N3O3S. The summed E-state index contributed by atoms with van der Waals surface area (Å²) in [6, 6.07) is 11.7. The van der Waals surface area contributed by atoms with Crippen LogP contribution in [0.2, 0.25) is 0 Å². The molecule has 1 saturated carbocycles. The van der Waals surface area contributed by atoms with Crippen LogP contribution in [-0.2, 0) is 5.75 Å². The zero-order valence-electron chi connectivity index (χ0n) is 18.4. The van der Waals surface area contributed by atoms with E-state index in [2.05, 4.69) is 17.1 Å². The highest BCUT2D eigenvalue weighted by atomic mass is 32.3. The molecule has 2 N–H and O–H groups in total. The van der Waals surface area contributed by atoms with Crippen molar-refractivity contribution < 1.29 is 9.11 Å². The van der Waals surface area contributed by atoms with E-state index in [1.165, 1.54) is 19.3 Å². The van der Waals surface area contributed by atoms with Crippen LogP contribution >= 0.6 is 10.8 Å². The molecule has 5 rings (SSSR count). The Labute approximate surface area is 190 Å². The minimum Gasteiger partial charge on any atom is -0.312 e. The monoisotopic (exact) mass is 451 g/mol. The van der Waals surface area contributed by atoms with Crippen LogP contribution in [0.3, 0.4) is 0 Å². The third kappa shape index (κ3) is 3.85. The van der Waals surface area contributed by atoms with Gasteiger partial charge in [0.05, 0.1) is 11.4 Å². The van der Waals surface area contributed by atoms with E-state index in [0.717, 1.165) is 40.0 Å². The van der Waals surface area contributed by atoms with Gasteiger partial charge in [-0.2, -0.15) is 0 Å². The van der Waals surface area contributed by atoms with Gasteiger partial charge in [-0.3, -0.25) is 23.2 Å². The van der Waals surface area contributed by atoms with Crippen LogP contribution in [0.1, 0.15) is 44.7 Å². The molecule has 0 bridgehead atoms. The number of aromatic nitrogens is 2. The summed E-state index contributed by atoms with van der Waals surface area (Å²) in [7, 11) is -2.80. The molecule has 3 aromatic rings. The van der Waals surface area contributed by atoms with E-state index in [4.69, 9.17) is 0 Å². The molecule has 1 aromatic carbocycles. The summed E-state index contributed by atoms with van der Waals surface area (Å²) in [6.07, 6.45) is 9.08. The van der Waals surface area contributed by atoms with Crippen molar-refractivity contribution in [2.24, 2.45) is 5.92 Å². The second-order valence-electron chi connectivity index (χ2n) is 9.20. The standard InChI is InChI=1S/C25H29N3O3S/c1-17(2)27-15-20(7-9-25(27)29)22-11-21(12-26-13-22)19-6-8-24-23(10-19)16-32(30,31)28(24)14-18-4-3-5-18/h6-13,15,17-18,30-31H,3-5,14,16H2,1-2H3. The Morgan fingerprint density at radius 1 is 1.03 bits per heavy atom. The fourth-order valence-corrected chi connectivity index (χ4v) is 6.28. The van der Waals surface area contributed by atoms with E-state index < -0.39 is 10.8 Å². The topological polar surface area (TPSA) is 78.6 Å². The molecule has 6 nitrogen and oxygen atoms in total. The van der Waals surface area contributed by atoms with Gasteiger partial charge < -0.3 is 4.57 Å². The Bertz CT molecular complexity index is 1220. The largest absolute Gasteiger partial charge is 0.312 e. The van der Waals surface area contributed by atoms with E-state index in [1.807, 2.05) is 48.7 Å². The number of anilines is 1. The third-order valence-electron chi connectivity index (χ3n) is 6.60. The molecule has 2 aliphatic rings. The predicted octanol–water partition coefficient (Wildman–Crippen LogP) is 5.94. The first kappa shape index (κ1) is 21.2. The minimum atomic E-state index is -2.80. The number of nitrogens with zero attached hydrogens (tertiary/aromatic N) is 3. The van der Waals surface area contributed by atoms with Gasteiger partial charge in [0, 0.05) is 48.4 Å². The van der Waals surface area contributed by atoms with Gasteiger partial charge in [-0.05, 0) is 73.6 Å².